The molecule has 1 fully saturated rings. The van der Waals surface area contributed by atoms with E-state index in [1.54, 1.807) is 0 Å². The molecule has 3 nitrogen and oxygen atoms in total. The second-order valence-corrected chi connectivity index (χ2v) is 6.39. The van der Waals surface area contributed by atoms with Crippen LogP contribution in [-0.2, 0) is 4.79 Å². The second-order valence-electron chi connectivity index (χ2n) is 5.40. The molecule has 2 atom stereocenters. The average Bonchev–Trinajstić information content (AvgIpc) is 2.41. The Kier molecular flexibility index (Phi) is 5.25. The molecule has 0 bridgehead atoms. The molecule has 2 unspecified atom stereocenters. The van der Waals surface area contributed by atoms with Crippen molar-refractivity contribution in [2.24, 2.45) is 5.92 Å². The summed E-state index contributed by atoms with van der Waals surface area (Å²) in [6.45, 7) is 4.25. The molecular formula is C15H22N2OS. The molecule has 0 spiro atoms. The number of amides is 1. The van der Waals surface area contributed by atoms with Crippen LogP contribution in [0.5, 0.6) is 0 Å². The summed E-state index contributed by atoms with van der Waals surface area (Å²) in [5.74, 6) is 1.20. The fraction of sp³-hybridized carbons (Fsp3) is 0.600. The number of hydrogen-bond acceptors (Lipinski definition) is 3. The fourth-order valence-corrected chi connectivity index (χ4v) is 3.11. The third-order valence-corrected chi connectivity index (χ3v) is 4.64. The van der Waals surface area contributed by atoms with Gasteiger partial charge in [-0.1, -0.05) is 37.6 Å². The quantitative estimate of drug-likeness (QED) is 0.860. The Morgan fingerprint density at radius 3 is 2.89 bits per heavy atom. The molecule has 1 heterocycles. The van der Waals surface area contributed by atoms with Crippen LogP contribution in [-0.4, -0.2) is 22.7 Å². The van der Waals surface area contributed by atoms with Gasteiger partial charge >= 0.3 is 0 Å². The number of thioether (sulfide) groups is 1. The molecule has 1 amide bonds. The summed E-state index contributed by atoms with van der Waals surface area (Å²) in [6, 6.07) is 4.36. The van der Waals surface area contributed by atoms with Crippen molar-refractivity contribution < 1.29 is 4.79 Å². The van der Waals surface area contributed by atoms with Gasteiger partial charge in [0, 0.05) is 12.2 Å². The maximum atomic E-state index is 11.9. The molecule has 0 saturated heterocycles. The minimum atomic E-state index is 0.131. The van der Waals surface area contributed by atoms with E-state index < -0.39 is 0 Å². The van der Waals surface area contributed by atoms with Crippen LogP contribution in [0.1, 0.15) is 38.2 Å². The van der Waals surface area contributed by atoms with Crippen LogP contribution in [0.3, 0.4) is 0 Å². The SMILES string of the molecule is Cc1ccc(SCC(=O)NC2CCCCC2C)nc1. The molecule has 104 valence electrons. The first-order valence-electron chi connectivity index (χ1n) is 7.00. The van der Waals surface area contributed by atoms with Crippen molar-refractivity contribution in [3.05, 3.63) is 23.9 Å². The maximum absolute atomic E-state index is 11.9. The largest absolute Gasteiger partial charge is 0.352 e. The van der Waals surface area contributed by atoms with Gasteiger partial charge in [-0.3, -0.25) is 4.79 Å². The summed E-state index contributed by atoms with van der Waals surface area (Å²) in [4.78, 5) is 16.2. The lowest BCUT2D eigenvalue weighted by atomic mass is 9.86. The van der Waals surface area contributed by atoms with Crippen molar-refractivity contribution in [2.45, 2.75) is 50.6 Å². The van der Waals surface area contributed by atoms with Crippen molar-refractivity contribution in [1.29, 1.82) is 0 Å². The number of carbonyl (C=O) groups is 1. The Morgan fingerprint density at radius 2 is 2.21 bits per heavy atom. The molecule has 1 N–H and O–H groups in total. The van der Waals surface area contributed by atoms with E-state index in [1.165, 1.54) is 31.0 Å². The Bertz CT molecular complexity index is 419. The molecule has 0 aromatic carbocycles. The summed E-state index contributed by atoms with van der Waals surface area (Å²) in [7, 11) is 0. The van der Waals surface area contributed by atoms with E-state index in [9.17, 15) is 4.79 Å². The minimum absolute atomic E-state index is 0.131. The minimum Gasteiger partial charge on any atom is -0.352 e. The van der Waals surface area contributed by atoms with E-state index in [1.807, 2.05) is 25.3 Å². The highest BCUT2D eigenvalue weighted by Crippen LogP contribution is 2.24. The van der Waals surface area contributed by atoms with Crippen LogP contribution in [0.25, 0.3) is 0 Å². The van der Waals surface area contributed by atoms with Gasteiger partial charge in [-0.2, -0.15) is 0 Å². The van der Waals surface area contributed by atoms with E-state index in [0.29, 0.717) is 17.7 Å². The maximum Gasteiger partial charge on any atom is 0.230 e. The van der Waals surface area contributed by atoms with E-state index in [2.05, 4.69) is 17.2 Å². The van der Waals surface area contributed by atoms with E-state index >= 15 is 0 Å². The lowest BCUT2D eigenvalue weighted by Gasteiger charge is -2.29. The van der Waals surface area contributed by atoms with Crippen LogP contribution in [0.4, 0.5) is 0 Å². The Balaban J connectivity index is 1.76. The molecule has 0 aliphatic heterocycles. The first-order valence-corrected chi connectivity index (χ1v) is 7.98. The Morgan fingerprint density at radius 1 is 1.42 bits per heavy atom. The third-order valence-electron chi connectivity index (χ3n) is 3.69. The normalized spacial score (nSPS) is 23.1. The van der Waals surface area contributed by atoms with Gasteiger partial charge in [0.15, 0.2) is 0 Å². The van der Waals surface area contributed by atoms with Gasteiger partial charge < -0.3 is 5.32 Å². The number of aryl methyl sites for hydroxylation is 1. The van der Waals surface area contributed by atoms with E-state index in [-0.39, 0.29) is 5.91 Å². The molecule has 2 rings (SSSR count). The van der Waals surface area contributed by atoms with Crippen molar-refractivity contribution in [2.75, 3.05) is 5.75 Å². The number of carbonyl (C=O) groups excluding carboxylic acids is 1. The van der Waals surface area contributed by atoms with Crippen LogP contribution in [0.2, 0.25) is 0 Å². The van der Waals surface area contributed by atoms with Gasteiger partial charge in [-0.15, -0.1) is 0 Å². The van der Waals surface area contributed by atoms with E-state index in [0.717, 1.165) is 17.0 Å². The first-order chi connectivity index (χ1) is 9.15. The topological polar surface area (TPSA) is 42.0 Å². The van der Waals surface area contributed by atoms with Gasteiger partial charge in [0.25, 0.3) is 0 Å². The summed E-state index contributed by atoms with van der Waals surface area (Å²) in [6.07, 6.45) is 6.74. The monoisotopic (exact) mass is 278 g/mol. The highest BCUT2D eigenvalue weighted by molar-refractivity contribution is 7.99. The van der Waals surface area contributed by atoms with Gasteiger partial charge in [-0.25, -0.2) is 4.98 Å². The Hall–Kier alpha value is -1.03. The van der Waals surface area contributed by atoms with Crippen LogP contribution in [0.15, 0.2) is 23.4 Å². The van der Waals surface area contributed by atoms with Crippen molar-refractivity contribution in [1.82, 2.24) is 10.3 Å². The highest BCUT2D eigenvalue weighted by Gasteiger charge is 2.22. The van der Waals surface area contributed by atoms with Gasteiger partial charge in [-0.05, 0) is 37.3 Å². The summed E-state index contributed by atoms with van der Waals surface area (Å²) in [5.41, 5.74) is 1.14. The molecule has 19 heavy (non-hydrogen) atoms. The van der Waals surface area contributed by atoms with Crippen LogP contribution >= 0.6 is 11.8 Å². The molecule has 4 heteroatoms. The summed E-state index contributed by atoms with van der Waals surface area (Å²) >= 11 is 1.50. The third kappa shape index (κ3) is 4.53. The number of nitrogens with one attached hydrogen (secondary N) is 1. The first kappa shape index (κ1) is 14.4. The Labute approximate surface area is 119 Å². The summed E-state index contributed by atoms with van der Waals surface area (Å²) < 4.78 is 0. The van der Waals surface area contributed by atoms with Crippen LogP contribution < -0.4 is 5.32 Å². The van der Waals surface area contributed by atoms with Crippen molar-refractivity contribution in [3.8, 4) is 0 Å². The predicted molar refractivity (Wildman–Crippen MR) is 79.3 cm³/mol. The second kappa shape index (κ2) is 6.94. The molecule has 0 radical (unpaired) electrons. The van der Waals surface area contributed by atoms with Crippen molar-refractivity contribution >= 4 is 17.7 Å². The van der Waals surface area contributed by atoms with Crippen LogP contribution in [0, 0.1) is 12.8 Å². The number of aromatic nitrogens is 1. The number of nitrogens with zero attached hydrogens (tertiary/aromatic N) is 1. The van der Waals surface area contributed by atoms with Crippen molar-refractivity contribution in [3.63, 3.8) is 0 Å². The summed E-state index contributed by atoms with van der Waals surface area (Å²) in [5, 5.41) is 4.08. The van der Waals surface area contributed by atoms with Gasteiger partial charge in [0.1, 0.15) is 0 Å². The highest BCUT2D eigenvalue weighted by atomic mass is 32.2. The zero-order valence-corrected chi connectivity index (χ0v) is 12.5. The lowest BCUT2D eigenvalue weighted by molar-refractivity contribution is -0.119. The molecule has 1 aromatic heterocycles. The molecular weight excluding hydrogens is 256 g/mol. The van der Waals surface area contributed by atoms with E-state index in [4.69, 9.17) is 0 Å². The molecule has 1 aliphatic carbocycles. The van der Waals surface area contributed by atoms with Gasteiger partial charge in [0.2, 0.25) is 5.91 Å². The lowest BCUT2D eigenvalue weighted by Crippen LogP contribution is -2.41. The predicted octanol–water partition coefficient (Wildman–Crippen LogP) is 3.18. The average molecular weight is 278 g/mol. The number of pyridine rings is 1. The molecule has 1 saturated carbocycles. The smallest absolute Gasteiger partial charge is 0.230 e. The molecule has 1 aliphatic rings. The fourth-order valence-electron chi connectivity index (χ4n) is 2.46. The zero-order valence-electron chi connectivity index (χ0n) is 11.7. The van der Waals surface area contributed by atoms with Gasteiger partial charge in [0.05, 0.1) is 10.8 Å². The standard InChI is InChI=1S/C15H22N2OS/c1-11-7-8-15(16-9-11)19-10-14(18)17-13-6-4-3-5-12(13)2/h7-9,12-13H,3-6,10H2,1-2H3,(H,17,18). The number of hydrogen-bond donors (Lipinski definition) is 1. The molecule has 1 aromatic rings. The number of rotatable bonds is 4. The zero-order chi connectivity index (χ0) is 13.7.